The Bertz CT molecular complexity index is 615. The van der Waals surface area contributed by atoms with Crippen LogP contribution in [-0.4, -0.2) is 23.9 Å². The molecule has 21 heavy (non-hydrogen) atoms. The molecule has 0 aromatic carbocycles. The van der Waals surface area contributed by atoms with E-state index in [2.05, 4.69) is 30.5 Å². The van der Waals surface area contributed by atoms with Gasteiger partial charge in [-0.25, -0.2) is 13.1 Å². The summed E-state index contributed by atoms with van der Waals surface area (Å²) in [5.41, 5.74) is 5.31. The Morgan fingerprint density at radius 3 is 2.24 bits per heavy atom. The van der Waals surface area contributed by atoms with Gasteiger partial charge in [-0.2, -0.15) is 0 Å². The van der Waals surface area contributed by atoms with Crippen LogP contribution in [0.1, 0.15) is 46.7 Å². The minimum atomic E-state index is -3.63. The minimum Gasteiger partial charge on any atom is -0.388 e. The number of nitrogens with zero attached hydrogens (tertiary/aromatic N) is 1. The Balaban J connectivity index is 2.98. The molecule has 0 aliphatic heterocycles. The van der Waals surface area contributed by atoms with E-state index < -0.39 is 15.6 Å². The van der Waals surface area contributed by atoms with Crippen molar-refractivity contribution in [2.24, 2.45) is 11.1 Å². The molecule has 1 heterocycles. The number of nitrogens with one attached hydrogen (secondary N) is 1. The van der Waals surface area contributed by atoms with Gasteiger partial charge in [-0.05, 0) is 37.8 Å². The van der Waals surface area contributed by atoms with Crippen molar-refractivity contribution in [1.82, 2.24) is 9.71 Å². The molecule has 5 nitrogen and oxygen atoms in total. The van der Waals surface area contributed by atoms with Crippen LogP contribution in [-0.2, 0) is 10.0 Å². The van der Waals surface area contributed by atoms with E-state index in [0.717, 1.165) is 0 Å². The maximum Gasteiger partial charge on any atom is 0.242 e. The van der Waals surface area contributed by atoms with E-state index in [1.165, 1.54) is 18.3 Å². The average molecular weight is 329 g/mol. The van der Waals surface area contributed by atoms with Crippen LogP contribution in [0.4, 0.5) is 0 Å². The van der Waals surface area contributed by atoms with Crippen molar-refractivity contribution in [3.8, 4) is 0 Å². The van der Waals surface area contributed by atoms with E-state index >= 15 is 0 Å². The predicted octanol–water partition coefficient (Wildman–Crippen LogP) is 2.21. The topological polar surface area (TPSA) is 85.1 Å². The molecule has 0 bridgehead atoms. The molecule has 1 rings (SSSR count). The Hall–Kier alpha value is -1.05. The molecule has 3 N–H and O–H groups in total. The van der Waals surface area contributed by atoms with Crippen LogP contribution in [0.2, 0.25) is 0 Å². The third-order valence-corrected chi connectivity index (χ3v) is 4.57. The fourth-order valence-electron chi connectivity index (χ4n) is 2.47. The first-order chi connectivity index (χ1) is 9.32. The van der Waals surface area contributed by atoms with Crippen LogP contribution >= 0.6 is 12.2 Å². The number of nitrogens with two attached hydrogens (primary N) is 1. The third-order valence-electron chi connectivity index (χ3n) is 2.68. The number of sulfonamides is 1. The second-order valence-corrected chi connectivity index (χ2v) is 9.09. The lowest BCUT2D eigenvalue weighted by atomic mass is 9.82. The highest BCUT2D eigenvalue weighted by molar-refractivity contribution is 7.89. The number of pyridine rings is 1. The molecule has 118 valence electrons. The first-order valence-electron chi connectivity index (χ1n) is 6.62. The van der Waals surface area contributed by atoms with Crippen LogP contribution in [0.15, 0.2) is 23.2 Å². The summed E-state index contributed by atoms with van der Waals surface area (Å²) < 4.78 is 27.5. The van der Waals surface area contributed by atoms with Crippen molar-refractivity contribution in [1.29, 1.82) is 0 Å². The van der Waals surface area contributed by atoms with E-state index in [1.807, 2.05) is 13.8 Å². The zero-order chi connectivity index (χ0) is 16.5. The molecule has 0 atom stereocenters. The van der Waals surface area contributed by atoms with Gasteiger partial charge in [0.05, 0.1) is 5.69 Å². The summed E-state index contributed by atoms with van der Waals surface area (Å²) >= 11 is 4.80. The van der Waals surface area contributed by atoms with E-state index in [1.54, 1.807) is 0 Å². The summed E-state index contributed by atoms with van der Waals surface area (Å²) in [6.07, 6.45) is 1.97. The van der Waals surface area contributed by atoms with Crippen molar-refractivity contribution in [3.63, 3.8) is 0 Å². The maximum absolute atomic E-state index is 12.4. The third kappa shape index (κ3) is 5.68. The van der Waals surface area contributed by atoms with Crippen LogP contribution in [0.5, 0.6) is 0 Å². The molecule has 0 fully saturated rings. The fourth-order valence-corrected chi connectivity index (χ4v) is 3.95. The minimum absolute atomic E-state index is 0.0138. The van der Waals surface area contributed by atoms with Gasteiger partial charge in [-0.3, -0.25) is 4.98 Å². The molecule has 1 aromatic heterocycles. The molecule has 0 saturated carbocycles. The second kappa shape index (κ2) is 5.98. The zero-order valence-electron chi connectivity index (χ0n) is 13.1. The van der Waals surface area contributed by atoms with Gasteiger partial charge >= 0.3 is 0 Å². The highest BCUT2D eigenvalue weighted by atomic mass is 32.2. The Morgan fingerprint density at radius 1 is 1.29 bits per heavy atom. The largest absolute Gasteiger partial charge is 0.388 e. The first-order valence-corrected chi connectivity index (χ1v) is 8.51. The van der Waals surface area contributed by atoms with Gasteiger partial charge in [0.25, 0.3) is 0 Å². The van der Waals surface area contributed by atoms with Crippen LogP contribution in [0, 0.1) is 5.41 Å². The summed E-state index contributed by atoms with van der Waals surface area (Å²) in [6.45, 7) is 9.95. The lowest BCUT2D eigenvalue weighted by molar-refractivity contribution is 0.269. The van der Waals surface area contributed by atoms with Crippen molar-refractivity contribution < 1.29 is 8.42 Å². The summed E-state index contributed by atoms with van der Waals surface area (Å²) in [5, 5.41) is 0. The normalized spacial score (nSPS) is 13.2. The Kier molecular flexibility index (Phi) is 5.13. The standard InChI is InChI=1S/C14H23N3O2S2/c1-13(2,3)9-14(4,5)17-21(18,19)10-6-7-11(12(15)20)16-8-10/h6-8,17H,9H2,1-5H3,(H2,15,20). The summed E-state index contributed by atoms with van der Waals surface area (Å²) in [7, 11) is -3.63. The first kappa shape index (κ1) is 18.0. The zero-order valence-corrected chi connectivity index (χ0v) is 14.7. The van der Waals surface area contributed by atoms with Crippen LogP contribution in [0.25, 0.3) is 0 Å². The Labute approximate surface area is 132 Å². The van der Waals surface area contributed by atoms with Crippen molar-refractivity contribution in [2.45, 2.75) is 51.5 Å². The van der Waals surface area contributed by atoms with Gasteiger partial charge in [-0.1, -0.05) is 33.0 Å². The van der Waals surface area contributed by atoms with Crippen molar-refractivity contribution in [3.05, 3.63) is 24.0 Å². The monoisotopic (exact) mass is 329 g/mol. The predicted molar refractivity (Wildman–Crippen MR) is 88.6 cm³/mol. The van der Waals surface area contributed by atoms with Gasteiger partial charge in [0.1, 0.15) is 9.88 Å². The fraction of sp³-hybridized carbons (Fsp3) is 0.571. The van der Waals surface area contributed by atoms with Gasteiger partial charge in [-0.15, -0.1) is 0 Å². The van der Waals surface area contributed by atoms with E-state index in [0.29, 0.717) is 12.1 Å². The molecule has 0 saturated heterocycles. The quantitative estimate of drug-likeness (QED) is 0.809. The SMILES string of the molecule is CC(C)(C)CC(C)(C)NS(=O)(=O)c1ccc(C(N)=S)nc1. The highest BCUT2D eigenvalue weighted by Crippen LogP contribution is 2.28. The van der Waals surface area contributed by atoms with E-state index in [-0.39, 0.29) is 15.3 Å². The van der Waals surface area contributed by atoms with Crippen LogP contribution < -0.4 is 10.5 Å². The molecule has 0 aliphatic rings. The van der Waals surface area contributed by atoms with Crippen molar-refractivity contribution >= 4 is 27.2 Å². The lowest BCUT2D eigenvalue weighted by Crippen LogP contribution is -2.45. The average Bonchev–Trinajstić information content (AvgIpc) is 2.24. The molecule has 1 aromatic rings. The molecule has 7 heteroatoms. The number of aromatic nitrogens is 1. The molecule has 0 amide bonds. The lowest BCUT2D eigenvalue weighted by Gasteiger charge is -2.32. The smallest absolute Gasteiger partial charge is 0.242 e. The number of rotatable bonds is 5. The van der Waals surface area contributed by atoms with E-state index in [4.69, 9.17) is 18.0 Å². The number of hydrogen-bond acceptors (Lipinski definition) is 4. The number of thiocarbonyl (C=S) groups is 1. The van der Waals surface area contributed by atoms with Gasteiger partial charge in [0.2, 0.25) is 10.0 Å². The van der Waals surface area contributed by atoms with Gasteiger partial charge in [0.15, 0.2) is 0 Å². The molecule has 0 radical (unpaired) electrons. The molecule has 0 spiro atoms. The second-order valence-electron chi connectivity index (χ2n) is 6.97. The molecule has 0 aliphatic carbocycles. The summed E-state index contributed by atoms with van der Waals surface area (Å²) in [6, 6.07) is 2.96. The molecular weight excluding hydrogens is 306 g/mol. The molecular formula is C14H23N3O2S2. The maximum atomic E-state index is 12.4. The highest BCUT2D eigenvalue weighted by Gasteiger charge is 2.30. The molecule has 0 unspecified atom stereocenters. The van der Waals surface area contributed by atoms with E-state index in [9.17, 15) is 8.42 Å². The summed E-state index contributed by atoms with van der Waals surface area (Å²) in [4.78, 5) is 4.20. The summed E-state index contributed by atoms with van der Waals surface area (Å²) in [5.74, 6) is 0. The van der Waals surface area contributed by atoms with Crippen molar-refractivity contribution in [2.75, 3.05) is 0 Å². The van der Waals surface area contributed by atoms with Crippen LogP contribution in [0.3, 0.4) is 0 Å². The van der Waals surface area contributed by atoms with Gasteiger partial charge < -0.3 is 5.73 Å². The van der Waals surface area contributed by atoms with Gasteiger partial charge in [0, 0.05) is 11.7 Å². The Morgan fingerprint density at radius 2 is 1.86 bits per heavy atom. The number of hydrogen-bond donors (Lipinski definition) is 2.